The highest BCUT2D eigenvalue weighted by molar-refractivity contribution is 5.89. The van der Waals surface area contributed by atoms with E-state index in [-0.39, 0.29) is 31.4 Å². The average molecular weight is 358 g/mol. The van der Waals surface area contributed by atoms with E-state index in [1.165, 1.54) is 0 Å². The quantitative estimate of drug-likeness (QED) is 0.721. The molecule has 5 nitrogen and oxygen atoms in total. The molecule has 1 heterocycles. The minimum atomic E-state index is -4.37. The predicted molar refractivity (Wildman–Crippen MR) is 84.7 cm³/mol. The Balaban J connectivity index is 1.67. The SMILES string of the molecule is O=C(NCCOCC(F)(F)F)C1CC(=O)N(CCc2ccccc2)C1. The topological polar surface area (TPSA) is 58.6 Å². The van der Waals surface area contributed by atoms with Crippen molar-refractivity contribution in [1.82, 2.24) is 10.2 Å². The molecule has 1 aromatic carbocycles. The minimum absolute atomic E-state index is 0.0103. The largest absolute Gasteiger partial charge is 0.411 e. The number of ether oxygens (including phenoxy) is 1. The van der Waals surface area contributed by atoms with Crippen LogP contribution in [-0.4, -0.2) is 55.7 Å². The Morgan fingerprint density at radius 2 is 2.00 bits per heavy atom. The molecule has 2 rings (SSSR count). The van der Waals surface area contributed by atoms with Crippen LogP contribution >= 0.6 is 0 Å². The smallest absolute Gasteiger partial charge is 0.370 e. The minimum Gasteiger partial charge on any atom is -0.370 e. The fourth-order valence-corrected chi connectivity index (χ4v) is 2.65. The molecule has 1 aliphatic rings. The molecule has 1 saturated heterocycles. The summed E-state index contributed by atoms with van der Waals surface area (Å²) in [5, 5.41) is 2.52. The summed E-state index contributed by atoms with van der Waals surface area (Å²) >= 11 is 0. The second-order valence-electron chi connectivity index (χ2n) is 5.94. The number of likely N-dealkylation sites (tertiary alicyclic amines) is 1. The number of nitrogens with zero attached hydrogens (tertiary/aromatic N) is 1. The summed E-state index contributed by atoms with van der Waals surface area (Å²) in [6.45, 7) is -0.687. The van der Waals surface area contributed by atoms with Crippen LogP contribution in [0.25, 0.3) is 0 Å². The lowest BCUT2D eigenvalue weighted by atomic mass is 10.1. The van der Waals surface area contributed by atoms with Crippen molar-refractivity contribution in [3.05, 3.63) is 35.9 Å². The Kier molecular flexibility index (Phi) is 6.81. The maximum absolute atomic E-state index is 12.0. The Hall–Kier alpha value is -2.09. The van der Waals surface area contributed by atoms with Crippen LogP contribution in [-0.2, 0) is 20.7 Å². The molecule has 1 fully saturated rings. The molecule has 1 unspecified atom stereocenters. The third-order valence-electron chi connectivity index (χ3n) is 3.91. The molecule has 2 amide bonds. The summed E-state index contributed by atoms with van der Waals surface area (Å²) in [4.78, 5) is 25.6. The van der Waals surface area contributed by atoms with Crippen LogP contribution in [0.1, 0.15) is 12.0 Å². The number of alkyl halides is 3. The zero-order chi connectivity index (χ0) is 18.3. The number of carbonyl (C=O) groups excluding carboxylic acids is 2. The molecule has 0 spiro atoms. The molecule has 0 aliphatic carbocycles. The zero-order valence-corrected chi connectivity index (χ0v) is 13.7. The van der Waals surface area contributed by atoms with Crippen LogP contribution in [0.5, 0.6) is 0 Å². The number of rotatable bonds is 8. The van der Waals surface area contributed by atoms with Crippen molar-refractivity contribution in [2.75, 3.05) is 32.8 Å². The highest BCUT2D eigenvalue weighted by atomic mass is 19.4. The molecule has 1 aliphatic heterocycles. The summed E-state index contributed by atoms with van der Waals surface area (Å²) in [5.41, 5.74) is 1.12. The van der Waals surface area contributed by atoms with E-state index in [2.05, 4.69) is 10.1 Å². The molecular formula is C17H21F3N2O3. The first-order valence-corrected chi connectivity index (χ1v) is 8.09. The van der Waals surface area contributed by atoms with E-state index >= 15 is 0 Å². The summed E-state index contributed by atoms with van der Waals surface area (Å²) < 4.78 is 40.2. The van der Waals surface area contributed by atoms with Gasteiger partial charge in [-0.1, -0.05) is 30.3 Å². The van der Waals surface area contributed by atoms with Gasteiger partial charge in [0.05, 0.1) is 12.5 Å². The first kappa shape index (κ1) is 19.2. The number of amides is 2. The van der Waals surface area contributed by atoms with Gasteiger partial charge in [-0.3, -0.25) is 9.59 Å². The Bertz CT molecular complexity index is 578. The third kappa shape index (κ3) is 6.74. The third-order valence-corrected chi connectivity index (χ3v) is 3.91. The Morgan fingerprint density at radius 1 is 1.28 bits per heavy atom. The summed E-state index contributed by atoms with van der Waals surface area (Å²) in [6, 6.07) is 9.73. The maximum Gasteiger partial charge on any atom is 0.411 e. The van der Waals surface area contributed by atoms with E-state index in [0.29, 0.717) is 19.5 Å². The molecule has 1 aromatic rings. The van der Waals surface area contributed by atoms with Gasteiger partial charge in [0.15, 0.2) is 0 Å². The first-order chi connectivity index (χ1) is 11.8. The highest BCUT2D eigenvalue weighted by Crippen LogP contribution is 2.18. The van der Waals surface area contributed by atoms with E-state index in [0.717, 1.165) is 5.56 Å². The number of nitrogens with one attached hydrogen (secondary N) is 1. The number of benzene rings is 1. The number of halogens is 3. The van der Waals surface area contributed by atoms with Crippen molar-refractivity contribution < 1.29 is 27.5 Å². The molecule has 25 heavy (non-hydrogen) atoms. The maximum atomic E-state index is 12.0. The number of hydrogen-bond donors (Lipinski definition) is 1. The molecule has 138 valence electrons. The van der Waals surface area contributed by atoms with Crippen LogP contribution in [0, 0.1) is 5.92 Å². The van der Waals surface area contributed by atoms with Gasteiger partial charge < -0.3 is 15.0 Å². The van der Waals surface area contributed by atoms with Crippen molar-refractivity contribution in [2.45, 2.75) is 19.0 Å². The van der Waals surface area contributed by atoms with Gasteiger partial charge in [0.25, 0.3) is 0 Å². The summed E-state index contributed by atoms with van der Waals surface area (Å²) in [6.07, 6.45) is -3.53. The van der Waals surface area contributed by atoms with E-state index in [9.17, 15) is 22.8 Å². The van der Waals surface area contributed by atoms with Crippen molar-refractivity contribution >= 4 is 11.8 Å². The fourth-order valence-electron chi connectivity index (χ4n) is 2.65. The monoisotopic (exact) mass is 358 g/mol. The lowest BCUT2D eigenvalue weighted by Crippen LogP contribution is -2.35. The second kappa shape index (κ2) is 8.84. The molecule has 0 saturated carbocycles. The van der Waals surface area contributed by atoms with Gasteiger partial charge in [-0.05, 0) is 12.0 Å². The fraction of sp³-hybridized carbons (Fsp3) is 0.529. The zero-order valence-electron chi connectivity index (χ0n) is 13.7. The molecule has 0 bridgehead atoms. The lowest BCUT2D eigenvalue weighted by Gasteiger charge is -2.16. The lowest BCUT2D eigenvalue weighted by molar-refractivity contribution is -0.173. The average Bonchev–Trinajstić information content (AvgIpc) is 2.93. The van der Waals surface area contributed by atoms with Crippen molar-refractivity contribution in [1.29, 1.82) is 0 Å². The standard InChI is InChI=1S/C17H21F3N2O3/c18-17(19,20)12-25-9-7-21-16(24)14-10-15(23)22(11-14)8-6-13-4-2-1-3-5-13/h1-5,14H,6-12H2,(H,21,24). The molecule has 0 aromatic heterocycles. The van der Waals surface area contributed by atoms with E-state index in [4.69, 9.17) is 0 Å². The molecule has 0 radical (unpaired) electrons. The van der Waals surface area contributed by atoms with Gasteiger partial charge in [-0.15, -0.1) is 0 Å². The van der Waals surface area contributed by atoms with Crippen molar-refractivity contribution in [3.63, 3.8) is 0 Å². The molecule has 1 atom stereocenters. The first-order valence-electron chi connectivity index (χ1n) is 8.09. The number of carbonyl (C=O) groups is 2. The Labute approximate surface area is 144 Å². The summed E-state index contributed by atoms with van der Waals surface area (Å²) in [5.74, 6) is -0.874. The van der Waals surface area contributed by atoms with Crippen LogP contribution in [0.3, 0.4) is 0 Å². The van der Waals surface area contributed by atoms with E-state index in [1.54, 1.807) is 4.90 Å². The van der Waals surface area contributed by atoms with Crippen LogP contribution in [0.15, 0.2) is 30.3 Å². The van der Waals surface area contributed by atoms with E-state index in [1.807, 2.05) is 30.3 Å². The van der Waals surface area contributed by atoms with Crippen LogP contribution < -0.4 is 5.32 Å². The van der Waals surface area contributed by atoms with Gasteiger partial charge in [-0.2, -0.15) is 13.2 Å². The van der Waals surface area contributed by atoms with Gasteiger partial charge in [0.2, 0.25) is 11.8 Å². The Morgan fingerprint density at radius 3 is 2.68 bits per heavy atom. The highest BCUT2D eigenvalue weighted by Gasteiger charge is 2.33. The van der Waals surface area contributed by atoms with Crippen LogP contribution in [0.4, 0.5) is 13.2 Å². The normalized spacial score (nSPS) is 17.8. The van der Waals surface area contributed by atoms with Gasteiger partial charge >= 0.3 is 6.18 Å². The van der Waals surface area contributed by atoms with Gasteiger partial charge in [-0.25, -0.2) is 0 Å². The van der Waals surface area contributed by atoms with Gasteiger partial charge in [0.1, 0.15) is 6.61 Å². The number of hydrogen-bond acceptors (Lipinski definition) is 3. The van der Waals surface area contributed by atoms with Crippen molar-refractivity contribution in [2.24, 2.45) is 5.92 Å². The molecule has 1 N–H and O–H groups in total. The van der Waals surface area contributed by atoms with Crippen molar-refractivity contribution in [3.8, 4) is 0 Å². The van der Waals surface area contributed by atoms with Gasteiger partial charge in [0, 0.05) is 26.1 Å². The molecular weight excluding hydrogens is 337 g/mol. The predicted octanol–water partition coefficient (Wildman–Crippen LogP) is 1.77. The summed E-state index contributed by atoms with van der Waals surface area (Å²) in [7, 11) is 0. The van der Waals surface area contributed by atoms with Crippen LogP contribution in [0.2, 0.25) is 0 Å². The van der Waals surface area contributed by atoms with E-state index < -0.39 is 18.7 Å². The second-order valence-corrected chi connectivity index (χ2v) is 5.94. The molecule has 8 heteroatoms.